The molecule has 0 saturated heterocycles. The van der Waals surface area contributed by atoms with Gasteiger partial charge in [0, 0.05) is 28.9 Å². The molecule has 0 atom stereocenters. The summed E-state index contributed by atoms with van der Waals surface area (Å²) in [5.74, 6) is 0. The lowest BCUT2D eigenvalue weighted by atomic mass is 9.93. The van der Waals surface area contributed by atoms with Gasteiger partial charge in [-0.05, 0) is 91.3 Å². The molecule has 9 rings (SSSR count). The van der Waals surface area contributed by atoms with Gasteiger partial charge < -0.3 is 4.57 Å². The summed E-state index contributed by atoms with van der Waals surface area (Å²) < 4.78 is 2.43. The third-order valence-electron chi connectivity index (χ3n) is 8.44. The Kier molecular flexibility index (Phi) is 4.08. The maximum Gasteiger partial charge on any atom is 0.0547 e. The number of benzene rings is 6. The largest absolute Gasteiger partial charge is 0.309 e. The zero-order valence-electron chi connectivity index (χ0n) is 21.1. The van der Waals surface area contributed by atoms with Crippen LogP contribution in [0, 0.1) is 0 Å². The van der Waals surface area contributed by atoms with E-state index in [1.807, 2.05) is 12.4 Å². The second kappa shape index (κ2) is 7.66. The molecule has 0 spiro atoms. The first-order valence-corrected chi connectivity index (χ1v) is 13.4. The number of nitrogens with zero attached hydrogens (tertiary/aromatic N) is 2. The first-order valence-electron chi connectivity index (χ1n) is 13.4. The fourth-order valence-corrected chi connectivity index (χ4v) is 6.79. The standard InChI is InChI=1S/C37H22N2/c1-5-25-15-18-34-37-35(25)31(10-1)32-11-4-12-33(36(32)37)39(34)26-16-13-23(14-17-26)27-6-2-9-30-28(7-3-8-29(27)30)24-19-21-38-22-20-24/h1-22H. The van der Waals surface area contributed by atoms with E-state index >= 15 is 0 Å². The van der Waals surface area contributed by atoms with Crippen molar-refractivity contribution in [2.45, 2.75) is 0 Å². The number of fused-ring (bicyclic) bond motifs is 2. The molecule has 1 aliphatic rings. The molecule has 0 aliphatic heterocycles. The SMILES string of the molecule is c1cc2c3c(c1)ccc1c3c3c-2cccc3n1-c1ccc(-c2cccc3c(-c4ccncc4)cccc23)cc1. The lowest BCUT2D eigenvalue weighted by Gasteiger charge is -2.14. The van der Waals surface area contributed by atoms with Gasteiger partial charge in [-0.1, -0.05) is 84.9 Å². The second-order valence-corrected chi connectivity index (χ2v) is 10.4. The number of hydrogen-bond donors (Lipinski definition) is 0. The van der Waals surface area contributed by atoms with Gasteiger partial charge in [-0.2, -0.15) is 0 Å². The van der Waals surface area contributed by atoms with Crippen LogP contribution < -0.4 is 0 Å². The predicted molar refractivity (Wildman–Crippen MR) is 163 cm³/mol. The van der Waals surface area contributed by atoms with Crippen LogP contribution in [-0.4, -0.2) is 9.55 Å². The number of hydrogen-bond acceptors (Lipinski definition) is 1. The molecular formula is C37H22N2. The first kappa shape index (κ1) is 20.8. The summed E-state index contributed by atoms with van der Waals surface area (Å²) in [5.41, 5.74) is 11.3. The van der Waals surface area contributed by atoms with Crippen LogP contribution in [0.15, 0.2) is 134 Å². The summed E-state index contributed by atoms with van der Waals surface area (Å²) in [7, 11) is 0. The van der Waals surface area contributed by atoms with E-state index in [2.05, 4.69) is 131 Å². The third-order valence-corrected chi connectivity index (χ3v) is 8.44. The summed E-state index contributed by atoms with van der Waals surface area (Å²) in [6.45, 7) is 0. The Bertz CT molecular complexity index is 2250. The van der Waals surface area contributed by atoms with Gasteiger partial charge >= 0.3 is 0 Å². The third kappa shape index (κ3) is 2.78. The van der Waals surface area contributed by atoms with Crippen LogP contribution in [0.2, 0.25) is 0 Å². The van der Waals surface area contributed by atoms with E-state index in [9.17, 15) is 0 Å². The van der Waals surface area contributed by atoms with Crippen LogP contribution in [0.25, 0.3) is 82.4 Å². The zero-order valence-corrected chi connectivity index (χ0v) is 21.1. The smallest absolute Gasteiger partial charge is 0.0547 e. The first-order chi connectivity index (χ1) is 19.4. The van der Waals surface area contributed by atoms with E-state index in [-0.39, 0.29) is 0 Å². The molecule has 0 amide bonds. The molecule has 0 saturated carbocycles. The lowest BCUT2D eigenvalue weighted by Crippen LogP contribution is -1.95. The summed E-state index contributed by atoms with van der Waals surface area (Å²) in [6.07, 6.45) is 3.72. The number of pyridine rings is 1. The van der Waals surface area contributed by atoms with Gasteiger partial charge in [-0.15, -0.1) is 0 Å². The Morgan fingerprint density at radius 2 is 1.00 bits per heavy atom. The Labute approximate surface area is 225 Å². The summed E-state index contributed by atoms with van der Waals surface area (Å²) in [6, 6.07) is 44.4. The van der Waals surface area contributed by atoms with Gasteiger partial charge in [0.15, 0.2) is 0 Å². The summed E-state index contributed by atoms with van der Waals surface area (Å²) >= 11 is 0. The highest BCUT2D eigenvalue weighted by Crippen LogP contribution is 2.49. The van der Waals surface area contributed by atoms with Gasteiger partial charge in [-0.25, -0.2) is 0 Å². The Hall–Kier alpha value is -5.21. The molecule has 0 N–H and O–H groups in total. The van der Waals surface area contributed by atoms with Crippen molar-refractivity contribution < 1.29 is 0 Å². The molecule has 0 unspecified atom stereocenters. The normalized spacial score (nSPS) is 12.1. The molecule has 0 fully saturated rings. The fourth-order valence-electron chi connectivity index (χ4n) is 6.79. The summed E-state index contributed by atoms with van der Waals surface area (Å²) in [4.78, 5) is 4.20. The van der Waals surface area contributed by atoms with Crippen LogP contribution in [0.5, 0.6) is 0 Å². The topological polar surface area (TPSA) is 17.8 Å². The molecule has 2 nitrogen and oxygen atoms in total. The van der Waals surface area contributed by atoms with E-state index in [1.54, 1.807) is 0 Å². The lowest BCUT2D eigenvalue weighted by molar-refractivity contribution is 1.18. The van der Waals surface area contributed by atoms with Gasteiger partial charge in [0.2, 0.25) is 0 Å². The number of aromatic nitrogens is 2. The molecule has 2 aromatic heterocycles. The molecule has 8 aromatic rings. The van der Waals surface area contributed by atoms with Crippen molar-refractivity contribution >= 4 is 43.4 Å². The highest BCUT2D eigenvalue weighted by Gasteiger charge is 2.24. The number of rotatable bonds is 3. The monoisotopic (exact) mass is 494 g/mol. The van der Waals surface area contributed by atoms with Crippen LogP contribution >= 0.6 is 0 Å². The van der Waals surface area contributed by atoms with E-state index in [0.29, 0.717) is 0 Å². The second-order valence-electron chi connectivity index (χ2n) is 10.4. The molecule has 0 bridgehead atoms. The highest BCUT2D eigenvalue weighted by molar-refractivity contribution is 6.33. The van der Waals surface area contributed by atoms with E-state index < -0.39 is 0 Å². The molecule has 1 aliphatic carbocycles. The Morgan fingerprint density at radius 1 is 0.410 bits per heavy atom. The average Bonchev–Trinajstić information content (AvgIpc) is 3.53. The van der Waals surface area contributed by atoms with E-state index in [1.165, 1.54) is 82.4 Å². The van der Waals surface area contributed by atoms with Crippen molar-refractivity contribution in [3.8, 4) is 39.1 Å². The van der Waals surface area contributed by atoms with Crippen LogP contribution in [0.3, 0.4) is 0 Å². The van der Waals surface area contributed by atoms with Crippen molar-refractivity contribution in [1.82, 2.24) is 9.55 Å². The Morgan fingerprint density at radius 3 is 1.74 bits per heavy atom. The maximum atomic E-state index is 4.20. The molecular weight excluding hydrogens is 472 g/mol. The van der Waals surface area contributed by atoms with E-state index in [0.717, 1.165) is 0 Å². The average molecular weight is 495 g/mol. The Balaban J connectivity index is 1.22. The minimum absolute atomic E-state index is 1.19. The predicted octanol–water partition coefficient (Wildman–Crippen LogP) is 9.80. The van der Waals surface area contributed by atoms with Crippen molar-refractivity contribution in [2.75, 3.05) is 0 Å². The molecule has 180 valence electrons. The van der Waals surface area contributed by atoms with Crippen molar-refractivity contribution in [3.05, 3.63) is 134 Å². The minimum atomic E-state index is 1.19. The van der Waals surface area contributed by atoms with Gasteiger partial charge in [-0.3, -0.25) is 4.98 Å². The van der Waals surface area contributed by atoms with Gasteiger partial charge in [0.05, 0.1) is 11.0 Å². The highest BCUT2D eigenvalue weighted by atomic mass is 15.0. The minimum Gasteiger partial charge on any atom is -0.309 e. The fraction of sp³-hybridized carbons (Fsp3) is 0. The maximum absolute atomic E-state index is 4.20. The molecule has 0 radical (unpaired) electrons. The van der Waals surface area contributed by atoms with Crippen LogP contribution in [0.1, 0.15) is 0 Å². The van der Waals surface area contributed by atoms with Gasteiger partial charge in [0.25, 0.3) is 0 Å². The van der Waals surface area contributed by atoms with Gasteiger partial charge in [0.1, 0.15) is 0 Å². The quantitative estimate of drug-likeness (QED) is 0.239. The zero-order chi connectivity index (χ0) is 25.5. The molecule has 2 heterocycles. The summed E-state index contributed by atoms with van der Waals surface area (Å²) in [5, 5.41) is 7.97. The molecule has 39 heavy (non-hydrogen) atoms. The molecule has 2 heteroatoms. The molecule has 6 aromatic carbocycles. The van der Waals surface area contributed by atoms with Crippen molar-refractivity contribution in [2.24, 2.45) is 0 Å². The van der Waals surface area contributed by atoms with Crippen molar-refractivity contribution in [3.63, 3.8) is 0 Å². The van der Waals surface area contributed by atoms with Crippen LogP contribution in [-0.2, 0) is 0 Å². The van der Waals surface area contributed by atoms with E-state index in [4.69, 9.17) is 0 Å². The van der Waals surface area contributed by atoms with Crippen LogP contribution in [0.4, 0.5) is 0 Å². The van der Waals surface area contributed by atoms with Crippen molar-refractivity contribution in [1.29, 1.82) is 0 Å².